The average molecular weight is 1210 g/mol. The van der Waals surface area contributed by atoms with Crippen LogP contribution in [0, 0.1) is 0 Å². The fraction of sp³-hybridized carbons (Fsp3) is 0.973. The van der Waals surface area contributed by atoms with Crippen LogP contribution in [0.25, 0.3) is 0 Å². The Morgan fingerprint density at radius 1 is 0.321 bits per heavy atom. The predicted octanol–water partition coefficient (Wildman–Crippen LogP) is 24.5. The summed E-state index contributed by atoms with van der Waals surface area (Å²) in [4.78, 5) is 35.9. The second-order valence-electron chi connectivity index (χ2n) is 27.4. The van der Waals surface area contributed by atoms with E-state index in [9.17, 15) is 19.0 Å². The summed E-state index contributed by atoms with van der Waals surface area (Å²) >= 11 is 0. The molecule has 502 valence electrons. The molecule has 0 aromatic heterocycles. The van der Waals surface area contributed by atoms with E-state index in [0.717, 1.165) is 38.5 Å². The van der Waals surface area contributed by atoms with Gasteiger partial charge in [-0.3, -0.25) is 18.6 Å². The number of carbonyl (C=O) groups is 2. The second-order valence-corrected chi connectivity index (χ2v) is 28.9. The minimum absolute atomic E-state index is 0.0378. The third kappa shape index (κ3) is 70.1. The molecule has 0 saturated heterocycles. The van der Waals surface area contributed by atoms with Crippen LogP contribution in [0.3, 0.4) is 0 Å². The highest BCUT2D eigenvalue weighted by Crippen LogP contribution is 2.43. The number of likely N-dealkylation sites (N-methyl/N-ethyl adjacent to an activating group) is 1. The fourth-order valence-corrected chi connectivity index (χ4v) is 12.6. The molecule has 0 rings (SSSR count). The SMILES string of the molecule is CCCCCCCCCCCCCCCCCCCCCCCCCCCCCCCCC(=O)OCC(COP(=O)(O)OCC[N+](C)(C)C)OC(=O)CCCCCCCCCCCCCCCCCCCCCCCCCCCCCCCC. The van der Waals surface area contributed by atoms with Crippen LogP contribution in [-0.4, -0.2) is 74.9 Å². The minimum atomic E-state index is -4.39. The van der Waals surface area contributed by atoms with Crippen LogP contribution in [0.4, 0.5) is 0 Å². The number of rotatable bonds is 72. The first-order chi connectivity index (χ1) is 41.0. The zero-order chi connectivity index (χ0) is 61.2. The second kappa shape index (κ2) is 66.4. The molecule has 0 saturated carbocycles. The molecule has 0 aromatic carbocycles. The Balaban J connectivity index is 3.93. The van der Waals surface area contributed by atoms with Crippen molar-refractivity contribution in [2.75, 3.05) is 47.5 Å². The van der Waals surface area contributed by atoms with Crippen LogP contribution in [-0.2, 0) is 32.7 Å². The first-order valence-corrected chi connectivity index (χ1v) is 39.3. The van der Waals surface area contributed by atoms with Gasteiger partial charge in [0.2, 0.25) is 0 Å². The summed E-state index contributed by atoms with van der Waals surface area (Å²) in [5.74, 6) is -0.765. The summed E-state index contributed by atoms with van der Waals surface area (Å²) in [7, 11) is 1.51. The number of phosphoric ester groups is 1. The van der Waals surface area contributed by atoms with Gasteiger partial charge in [-0.05, 0) is 12.8 Å². The number of quaternary nitrogens is 1. The molecular weight excluding hydrogens is 1060 g/mol. The zero-order valence-electron chi connectivity index (χ0n) is 57.4. The van der Waals surface area contributed by atoms with E-state index in [1.807, 2.05) is 21.1 Å². The Bertz CT molecular complexity index is 1370. The van der Waals surface area contributed by atoms with E-state index in [0.29, 0.717) is 17.4 Å². The van der Waals surface area contributed by atoms with E-state index < -0.39 is 26.5 Å². The number of nitrogens with zero attached hydrogens (tertiary/aromatic N) is 1. The summed E-state index contributed by atoms with van der Waals surface area (Å²) in [5, 5.41) is 0. The van der Waals surface area contributed by atoms with Gasteiger partial charge in [0.25, 0.3) is 0 Å². The zero-order valence-corrected chi connectivity index (χ0v) is 58.3. The minimum Gasteiger partial charge on any atom is -0.462 e. The molecule has 0 amide bonds. The van der Waals surface area contributed by atoms with Gasteiger partial charge < -0.3 is 18.9 Å². The van der Waals surface area contributed by atoms with Crippen LogP contribution in [0.15, 0.2) is 0 Å². The van der Waals surface area contributed by atoms with Gasteiger partial charge in [0.1, 0.15) is 19.8 Å². The van der Waals surface area contributed by atoms with Gasteiger partial charge in [-0.15, -0.1) is 0 Å². The quantitative estimate of drug-likeness (QED) is 0.0278. The molecular formula is C74H149NO8P+. The van der Waals surface area contributed by atoms with Gasteiger partial charge in [0.05, 0.1) is 27.7 Å². The number of esters is 2. The lowest BCUT2D eigenvalue weighted by Gasteiger charge is -2.24. The molecule has 0 fully saturated rings. The van der Waals surface area contributed by atoms with Crippen molar-refractivity contribution < 1.29 is 42.1 Å². The maximum absolute atomic E-state index is 12.9. The van der Waals surface area contributed by atoms with Gasteiger partial charge >= 0.3 is 19.8 Å². The number of hydrogen-bond donors (Lipinski definition) is 1. The van der Waals surface area contributed by atoms with E-state index in [1.54, 1.807) is 0 Å². The van der Waals surface area contributed by atoms with Crippen molar-refractivity contribution in [2.24, 2.45) is 0 Å². The van der Waals surface area contributed by atoms with Crippen molar-refractivity contribution in [1.29, 1.82) is 0 Å². The van der Waals surface area contributed by atoms with Crippen LogP contribution in [0.5, 0.6) is 0 Å². The van der Waals surface area contributed by atoms with Crippen LogP contribution < -0.4 is 0 Å². The monoisotopic (exact) mass is 1210 g/mol. The molecule has 1 N–H and O–H groups in total. The van der Waals surface area contributed by atoms with Gasteiger partial charge in [-0.2, -0.15) is 0 Å². The molecule has 0 bridgehead atoms. The van der Waals surface area contributed by atoms with Gasteiger partial charge in [0, 0.05) is 12.8 Å². The summed E-state index contributed by atoms with van der Waals surface area (Å²) < 4.78 is 34.8. The summed E-state index contributed by atoms with van der Waals surface area (Å²) in [5.41, 5.74) is 0. The number of ether oxygens (including phenoxy) is 2. The van der Waals surface area contributed by atoms with Crippen molar-refractivity contribution in [3.05, 3.63) is 0 Å². The Labute approximate surface area is 524 Å². The summed E-state index contributed by atoms with van der Waals surface area (Å²) in [6.07, 6.45) is 81.0. The first-order valence-electron chi connectivity index (χ1n) is 37.8. The Morgan fingerprint density at radius 3 is 0.762 bits per heavy atom. The van der Waals surface area contributed by atoms with Crippen LogP contribution in [0.2, 0.25) is 0 Å². The van der Waals surface area contributed by atoms with E-state index in [-0.39, 0.29) is 25.6 Å². The largest absolute Gasteiger partial charge is 0.472 e. The third-order valence-electron chi connectivity index (χ3n) is 17.6. The highest BCUT2D eigenvalue weighted by atomic mass is 31.2. The summed E-state index contributed by atoms with van der Waals surface area (Å²) in [6.45, 7) is 4.54. The molecule has 2 atom stereocenters. The van der Waals surface area contributed by atoms with Crippen molar-refractivity contribution in [3.63, 3.8) is 0 Å². The van der Waals surface area contributed by atoms with E-state index in [1.165, 1.54) is 347 Å². The average Bonchev–Trinajstić information content (AvgIpc) is 3.52. The topological polar surface area (TPSA) is 108 Å². The van der Waals surface area contributed by atoms with Crippen molar-refractivity contribution in [3.8, 4) is 0 Å². The number of unbranched alkanes of at least 4 members (excludes halogenated alkanes) is 58. The van der Waals surface area contributed by atoms with Gasteiger partial charge in [-0.1, -0.05) is 386 Å². The Kier molecular flexibility index (Phi) is 65.6. The Morgan fingerprint density at radius 2 is 0.536 bits per heavy atom. The van der Waals surface area contributed by atoms with Crippen molar-refractivity contribution in [1.82, 2.24) is 0 Å². The molecule has 84 heavy (non-hydrogen) atoms. The fourth-order valence-electron chi connectivity index (χ4n) is 11.8. The molecule has 0 aromatic rings. The first kappa shape index (κ1) is 83.0. The molecule has 0 spiro atoms. The van der Waals surface area contributed by atoms with Crippen molar-refractivity contribution in [2.45, 2.75) is 418 Å². The lowest BCUT2D eigenvalue weighted by molar-refractivity contribution is -0.870. The summed E-state index contributed by atoms with van der Waals surface area (Å²) in [6, 6.07) is 0. The maximum atomic E-state index is 12.9. The van der Waals surface area contributed by atoms with E-state index >= 15 is 0 Å². The molecule has 0 heterocycles. The molecule has 0 radical (unpaired) electrons. The number of hydrogen-bond acceptors (Lipinski definition) is 7. The molecule has 9 nitrogen and oxygen atoms in total. The molecule has 0 aliphatic rings. The molecule has 0 aliphatic carbocycles. The lowest BCUT2D eigenvalue weighted by atomic mass is 10.0. The Hall–Kier alpha value is -0.990. The van der Waals surface area contributed by atoms with Gasteiger partial charge in [0.15, 0.2) is 6.10 Å². The molecule has 10 heteroatoms. The lowest BCUT2D eigenvalue weighted by Crippen LogP contribution is -2.37. The number of phosphoric acid groups is 1. The maximum Gasteiger partial charge on any atom is 0.472 e. The molecule has 2 unspecified atom stereocenters. The van der Waals surface area contributed by atoms with E-state index in [2.05, 4.69) is 13.8 Å². The highest BCUT2D eigenvalue weighted by Gasteiger charge is 2.27. The highest BCUT2D eigenvalue weighted by molar-refractivity contribution is 7.47. The van der Waals surface area contributed by atoms with Crippen LogP contribution >= 0.6 is 7.82 Å². The van der Waals surface area contributed by atoms with Crippen molar-refractivity contribution >= 4 is 19.8 Å². The molecule has 0 aliphatic heterocycles. The van der Waals surface area contributed by atoms with Crippen LogP contribution in [0.1, 0.15) is 412 Å². The standard InChI is InChI=1S/C74H148NO8P/c1-6-8-10-12-14-16-18-20-22-24-26-28-30-32-34-36-38-40-42-44-46-48-50-52-54-56-58-60-62-64-66-73(76)80-70-72(71-82-84(78,79)81-69-68-75(3,4)5)83-74(77)67-65-63-61-59-57-55-53-51-49-47-45-43-41-39-37-35-33-31-29-27-25-23-21-19-17-15-13-11-9-7-2/h72H,6-71H2,1-5H3/p+1. The predicted molar refractivity (Wildman–Crippen MR) is 363 cm³/mol. The normalized spacial score (nSPS) is 13.0. The third-order valence-corrected chi connectivity index (χ3v) is 18.6. The number of carbonyl (C=O) groups excluding carboxylic acids is 2. The van der Waals surface area contributed by atoms with Gasteiger partial charge in [-0.25, -0.2) is 4.57 Å². The smallest absolute Gasteiger partial charge is 0.462 e. The van der Waals surface area contributed by atoms with E-state index in [4.69, 9.17) is 18.5 Å².